The third kappa shape index (κ3) is 2.83. The van der Waals surface area contributed by atoms with Crippen LogP contribution in [0.3, 0.4) is 0 Å². The molecule has 0 aliphatic carbocycles. The molecule has 2 aliphatic rings. The first-order valence-electron chi connectivity index (χ1n) is 16.1. The summed E-state index contributed by atoms with van der Waals surface area (Å²) in [6, 6.07) is 50.0. The Morgan fingerprint density at radius 3 is 2.09 bits per heavy atom. The molecule has 3 aromatic heterocycles. The van der Waals surface area contributed by atoms with Crippen LogP contribution in [0, 0.1) is 0 Å². The van der Waals surface area contributed by atoms with Gasteiger partial charge in [-0.15, -0.1) is 0 Å². The maximum absolute atomic E-state index is 6.97. The van der Waals surface area contributed by atoms with E-state index in [4.69, 9.17) is 8.83 Å². The summed E-state index contributed by atoms with van der Waals surface area (Å²) in [5.74, 6) is 0. The first kappa shape index (κ1) is 24.1. The highest BCUT2D eigenvalue weighted by Gasteiger charge is 2.45. The van der Waals surface area contributed by atoms with Gasteiger partial charge in [0.05, 0.1) is 11.0 Å². The molecule has 0 spiro atoms. The minimum Gasteiger partial charge on any atom is -0.456 e. The third-order valence-corrected chi connectivity index (χ3v) is 10.5. The molecule has 0 bridgehead atoms. The first-order chi connectivity index (χ1) is 23.3. The molecule has 0 unspecified atom stereocenters. The van der Waals surface area contributed by atoms with E-state index in [1.54, 1.807) is 0 Å². The van der Waals surface area contributed by atoms with Gasteiger partial charge in [0.15, 0.2) is 0 Å². The summed E-state index contributed by atoms with van der Waals surface area (Å²) in [4.78, 5) is 2.53. The third-order valence-electron chi connectivity index (χ3n) is 10.5. The fourth-order valence-electron chi connectivity index (χ4n) is 8.77. The second kappa shape index (κ2) is 8.33. The van der Waals surface area contributed by atoms with Gasteiger partial charge in [0.2, 0.25) is 0 Å². The van der Waals surface area contributed by atoms with Crippen molar-refractivity contribution in [3.63, 3.8) is 0 Å². The Bertz CT molecular complexity index is 2980. The lowest BCUT2D eigenvalue weighted by Gasteiger charge is -2.41. The van der Waals surface area contributed by atoms with Gasteiger partial charge in [-0.1, -0.05) is 91.0 Å². The van der Waals surface area contributed by atoms with E-state index in [-0.39, 0.29) is 6.85 Å². The normalized spacial score (nSPS) is 13.4. The van der Waals surface area contributed by atoms with Crippen LogP contribution in [0.5, 0.6) is 0 Å². The van der Waals surface area contributed by atoms with Crippen LogP contribution < -0.4 is 15.7 Å². The Kier molecular flexibility index (Phi) is 4.27. The minimum absolute atomic E-state index is 0.0563. The molecular formula is C42H23BN2O2. The maximum Gasteiger partial charge on any atom is 0.333 e. The Hall–Kier alpha value is -6.20. The number of anilines is 2. The van der Waals surface area contributed by atoms with Crippen molar-refractivity contribution in [1.82, 2.24) is 4.57 Å². The van der Waals surface area contributed by atoms with Crippen LogP contribution in [-0.2, 0) is 0 Å². The van der Waals surface area contributed by atoms with Gasteiger partial charge in [-0.05, 0) is 53.4 Å². The van der Waals surface area contributed by atoms with Crippen molar-refractivity contribution in [2.24, 2.45) is 0 Å². The van der Waals surface area contributed by atoms with E-state index in [9.17, 15) is 0 Å². The van der Waals surface area contributed by atoms with Gasteiger partial charge in [0.25, 0.3) is 0 Å². The van der Waals surface area contributed by atoms with Gasteiger partial charge >= 0.3 is 6.85 Å². The highest BCUT2D eigenvalue weighted by atomic mass is 16.3. The highest BCUT2D eigenvalue weighted by Crippen LogP contribution is 2.51. The van der Waals surface area contributed by atoms with Gasteiger partial charge < -0.3 is 18.2 Å². The van der Waals surface area contributed by atoms with Crippen LogP contribution in [0.4, 0.5) is 11.4 Å². The summed E-state index contributed by atoms with van der Waals surface area (Å²) in [5.41, 5.74) is 14.5. The molecule has 0 atom stereocenters. The zero-order valence-electron chi connectivity index (χ0n) is 25.1. The summed E-state index contributed by atoms with van der Waals surface area (Å²) in [7, 11) is 0. The predicted molar refractivity (Wildman–Crippen MR) is 194 cm³/mol. The van der Waals surface area contributed by atoms with Crippen molar-refractivity contribution < 1.29 is 8.83 Å². The SMILES string of the molecule is c1ccc(N2B3c4ccccc4-n4c5cc6oc7ccccc7c6cc5c5c6c(oc7ccccc76)c(c3c54)-c3ccccc32)cc1. The standard InChI is InChI=1S/C42H23BN2O2/c1-2-12-24(13-3-1)45-31-18-8-4-15-26(31)39-40-41-37(38-27-16-6-11-21-35(27)47-42(38)39)29-22-28-25-14-5-10-20-34(25)46-36(28)23-33(29)44(41)32-19-9-7-17-30(32)43(40)45/h1-23H. The maximum atomic E-state index is 6.97. The van der Waals surface area contributed by atoms with Crippen LogP contribution in [-0.4, -0.2) is 11.4 Å². The van der Waals surface area contributed by atoms with E-state index in [0.29, 0.717) is 0 Å². The number of fused-ring (bicyclic) bond motifs is 16. The van der Waals surface area contributed by atoms with Crippen molar-refractivity contribution in [1.29, 1.82) is 0 Å². The number of nitrogens with zero attached hydrogens (tertiary/aromatic N) is 2. The van der Waals surface area contributed by atoms with Crippen molar-refractivity contribution >= 4 is 94.8 Å². The molecule has 5 heteroatoms. The van der Waals surface area contributed by atoms with E-state index in [2.05, 4.69) is 143 Å². The Morgan fingerprint density at radius 2 is 1.21 bits per heavy atom. The van der Waals surface area contributed by atoms with E-state index in [1.165, 1.54) is 55.1 Å². The zero-order valence-corrected chi connectivity index (χ0v) is 25.1. The minimum atomic E-state index is -0.0563. The summed E-state index contributed by atoms with van der Waals surface area (Å²) in [6.45, 7) is -0.0563. The molecule has 0 saturated carbocycles. The average Bonchev–Trinajstić information content (AvgIpc) is 3.80. The van der Waals surface area contributed by atoms with Gasteiger partial charge in [-0.25, -0.2) is 0 Å². The van der Waals surface area contributed by atoms with Crippen molar-refractivity contribution in [2.45, 2.75) is 0 Å². The van der Waals surface area contributed by atoms with Crippen LogP contribution in [0.2, 0.25) is 0 Å². The lowest BCUT2D eigenvalue weighted by molar-refractivity contribution is 0.669. The predicted octanol–water partition coefficient (Wildman–Crippen LogP) is 9.82. The molecule has 216 valence electrons. The first-order valence-corrected chi connectivity index (χ1v) is 16.1. The number of benzene rings is 7. The second-order valence-electron chi connectivity index (χ2n) is 12.8. The van der Waals surface area contributed by atoms with Crippen LogP contribution in [0.25, 0.3) is 82.5 Å². The van der Waals surface area contributed by atoms with Crippen LogP contribution in [0.1, 0.15) is 0 Å². The molecule has 0 amide bonds. The molecule has 12 rings (SSSR count). The molecule has 4 nitrogen and oxygen atoms in total. The zero-order chi connectivity index (χ0) is 30.4. The quantitative estimate of drug-likeness (QED) is 0.177. The smallest absolute Gasteiger partial charge is 0.333 e. The molecule has 0 fully saturated rings. The molecular weight excluding hydrogens is 575 g/mol. The summed E-state index contributed by atoms with van der Waals surface area (Å²) >= 11 is 0. The van der Waals surface area contributed by atoms with Gasteiger partial charge in [0.1, 0.15) is 22.3 Å². The summed E-state index contributed by atoms with van der Waals surface area (Å²) < 4.78 is 16.0. The van der Waals surface area contributed by atoms with Crippen molar-refractivity contribution in [2.75, 3.05) is 4.81 Å². The second-order valence-corrected chi connectivity index (χ2v) is 12.8. The Labute approximate surface area is 268 Å². The molecule has 2 aliphatic heterocycles. The van der Waals surface area contributed by atoms with E-state index in [1.807, 2.05) is 6.07 Å². The summed E-state index contributed by atoms with van der Waals surface area (Å²) in [5, 5.41) is 7.02. The number of hydrogen-bond donors (Lipinski definition) is 0. The van der Waals surface area contributed by atoms with E-state index in [0.717, 1.165) is 49.7 Å². The molecule has 0 saturated heterocycles. The average molecular weight is 598 g/mol. The lowest BCUT2D eigenvalue weighted by Crippen LogP contribution is -2.60. The summed E-state index contributed by atoms with van der Waals surface area (Å²) in [6.07, 6.45) is 0. The monoisotopic (exact) mass is 598 g/mol. The van der Waals surface area contributed by atoms with Crippen molar-refractivity contribution in [3.8, 4) is 16.8 Å². The molecule has 5 heterocycles. The molecule has 0 radical (unpaired) electrons. The number of hydrogen-bond acceptors (Lipinski definition) is 3. The molecule has 47 heavy (non-hydrogen) atoms. The Morgan fingerprint density at radius 1 is 0.511 bits per heavy atom. The fraction of sp³-hybridized carbons (Fsp3) is 0. The largest absolute Gasteiger partial charge is 0.456 e. The van der Waals surface area contributed by atoms with Crippen molar-refractivity contribution in [3.05, 3.63) is 140 Å². The van der Waals surface area contributed by atoms with Gasteiger partial charge in [-0.2, -0.15) is 0 Å². The topological polar surface area (TPSA) is 34.5 Å². The van der Waals surface area contributed by atoms with Crippen LogP contribution in [0.15, 0.2) is 148 Å². The number of furan rings is 2. The van der Waals surface area contributed by atoms with Crippen LogP contribution >= 0.6 is 0 Å². The number of rotatable bonds is 1. The van der Waals surface area contributed by atoms with Gasteiger partial charge in [0, 0.05) is 66.6 Å². The number of aromatic nitrogens is 1. The van der Waals surface area contributed by atoms with E-state index >= 15 is 0 Å². The molecule has 0 N–H and O–H groups in total. The Balaban J connectivity index is 1.39. The lowest BCUT2D eigenvalue weighted by atomic mass is 9.44. The molecule has 7 aromatic carbocycles. The fourth-order valence-corrected chi connectivity index (χ4v) is 8.77. The van der Waals surface area contributed by atoms with E-state index < -0.39 is 0 Å². The molecule has 10 aromatic rings. The highest BCUT2D eigenvalue weighted by molar-refractivity contribution is 6.94. The van der Waals surface area contributed by atoms with Gasteiger partial charge in [-0.3, -0.25) is 0 Å². The number of para-hydroxylation sites is 5.